The molecule has 2 atom stereocenters. The van der Waals surface area contributed by atoms with E-state index in [1.165, 1.54) is 30.4 Å². The summed E-state index contributed by atoms with van der Waals surface area (Å²) < 4.78 is 6.39. The topological polar surface area (TPSA) is 21.3 Å². The molecule has 2 unspecified atom stereocenters. The molecule has 1 aliphatic heterocycles. The number of nitrogens with one attached hydrogen (secondary N) is 1. The quantitative estimate of drug-likeness (QED) is 0.867. The van der Waals surface area contributed by atoms with Crippen molar-refractivity contribution in [2.45, 2.75) is 44.8 Å². The Labute approximate surface area is 133 Å². The van der Waals surface area contributed by atoms with E-state index in [2.05, 4.69) is 60.8 Å². The molecule has 0 saturated carbocycles. The van der Waals surface area contributed by atoms with Gasteiger partial charge in [-0.15, -0.1) is 0 Å². The zero-order valence-corrected chi connectivity index (χ0v) is 13.3. The molecule has 2 aromatic rings. The number of hydrogen-bond donors (Lipinski definition) is 1. The Hall–Kier alpha value is -1.80. The highest BCUT2D eigenvalue weighted by molar-refractivity contribution is 5.33. The summed E-state index contributed by atoms with van der Waals surface area (Å²) in [6.45, 7) is 3.24. The molecule has 1 aliphatic rings. The van der Waals surface area contributed by atoms with Gasteiger partial charge in [0, 0.05) is 12.5 Å². The smallest absolute Gasteiger partial charge is 0.125 e. The van der Waals surface area contributed by atoms with Gasteiger partial charge in [0.05, 0.1) is 0 Å². The summed E-state index contributed by atoms with van der Waals surface area (Å²) in [6, 6.07) is 19.4. The van der Waals surface area contributed by atoms with Gasteiger partial charge in [-0.05, 0) is 43.5 Å². The van der Waals surface area contributed by atoms with Crippen LogP contribution in [0.5, 0.6) is 5.75 Å². The molecule has 0 spiro atoms. The van der Waals surface area contributed by atoms with Crippen molar-refractivity contribution in [2.24, 2.45) is 0 Å². The highest BCUT2D eigenvalue weighted by atomic mass is 16.5. The van der Waals surface area contributed by atoms with Crippen LogP contribution in [-0.2, 0) is 0 Å². The zero-order chi connectivity index (χ0) is 15.2. The predicted octanol–water partition coefficient (Wildman–Crippen LogP) is 4.65. The second kappa shape index (κ2) is 7.46. The molecular formula is C20H25NO. The average molecular weight is 295 g/mol. The molecule has 2 nitrogen and oxygen atoms in total. The van der Waals surface area contributed by atoms with E-state index in [-0.39, 0.29) is 6.10 Å². The van der Waals surface area contributed by atoms with Crippen molar-refractivity contribution in [3.05, 3.63) is 65.7 Å². The maximum Gasteiger partial charge on any atom is 0.125 e. The first-order valence-electron chi connectivity index (χ1n) is 8.33. The number of hydrogen-bond acceptors (Lipinski definition) is 2. The van der Waals surface area contributed by atoms with Crippen LogP contribution in [0.1, 0.15) is 42.9 Å². The Morgan fingerprint density at radius 2 is 1.82 bits per heavy atom. The van der Waals surface area contributed by atoms with E-state index in [0.29, 0.717) is 6.04 Å². The first-order valence-corrected chi connectivity index (χ1v) is 8.33. The lowest BCUT2D eigenvalue weighted by Gasteiger charge is -2.29. The summed E-state index contributed by atoms with van der Waals surface area (Å²) >= 11 is 0. The maximum absolute atomic E-state index is 6.39. The summed E-state index contributed by atoms with van der Waals surface area (Å²) in [7, 11) is 0. The van der Waals surface area contributed by atoms with E-state index in [1.54, 1.807) is 0 Å². The minimum absolute atomic E-state index is 0.109. The molecule has 1 fully saturated rings. The van der Waals surface area contributed by atoms with E-state index in [0.717, 1.165) is 18.7 Å². The molecule has 0 amide bonds. The summed E-state index contributed by atoms with van der Waals surface area (Å²) in [6.07, 6.45) is 5.01. The van der Waals surface area contributed by atoms with E-state index in [4.69, 9.17) is 4.74 Å². The van der Waals surface area contributed by atoms with Gasteiger partial charge in [-0.2, -0.15) is 0 Å². The zero-order valence-electron chi connectivity index (χ0n) is 13.3. The van der Waals surface area contributed by atoms with Crippen molar-refractivity contribution in [3.63, 3.8) is 0 Å². The fourth-order valence-electron chi connectivity index (χ4n) is 3.15. The average Bonchev–Trinajstić information content (AvgIpc) is 2.58. The van der Waals surface area contributed by atoms with Crippen molar-refractivity contribution < 1.29 is 4.74 Å². The van der Waals surface area contributed by atoms with Crippen LogP contribution >= 0.6 is 0 Å². The molecule has 1 N–H and O–H groups in total. The molecule has 0 bridgehead atoms. The van der Waals surface area contributed by atoms with Gasteiger partial charge in [0.2, 0.25) is 0 Å². The third-order valence-corrected chi connectivity index (χ3v) is 4.45. The maximum atomic E-state index is 6.39. The summed E-state index contributed by atoms with van der Waals surface area (Å²) in [4.78, 5) is 0. The normalized spacial score (nSPS) is 19.6. The highest BCUT2D eigenvalue weighted by Gasteiger charge is 2.21. The lowest BCUT2D eigenvalue weighted by molar-refractivity contribution is 0.168. The molecule has 0 radical (unpaired) electrons. The monoisotopic (exact) mass is 295 g/mol. The lowest BCUT2D eigenvalue weighted by atomic mass is 9.95. The standard InChI is InChI=1S/C20H25NO/c1-16-9-5-6-13-19(16)22-20(17-10-3-2-4-11-17)15-18-12-7-8-14-21-18/h2-6,9-11,13,18,20-21H,7-8,12,14-15H2,1H3. The molecule has 116 valence electrons. The molecule has 0 aliphatic carbocycles. The highest BCUT2D eigenvalue weighted by Crippen LogP contribution is 2.29. The Morgan fingerprint density at radius 1 is 1.05 bits per heavy atom. The van der Waals surface area contributed by atoms with Crippen molar-refractivity contribution in [2.75, 3.05) is 6.54 Å². The van der Waals surface area contributed by atoms with Gasteiger partial charge < -0.3 is 10.1 Å². The predicted molar refractivity (Wildman–Crippen MR) is 91.2 cm³/mol. The first-order chi connectivity index (χ1) is 10.8. The minimum atomic E-state index is 0.109. The Bertz CT molecular complexity index is 575. The fraction of sp³-hybridized carbons (Fsp3) is 0.400. The lowest BCUT2D eigenvalue weighted by Crippen LogP contribution is -2.36. The van der Waals surface area contributed by atoms with Crippen molar-refractivity contribution in [1.29, 1.82) is 0 Å². The second-order valence-corrected chi connectivity index (χ2v) is 6.17. The molecule has 1 saturated heterocycles. The van der Waals surface area contributed by atoms with Gasteiger partial charge in [0.25, 0.3) is 0 Å². The van der Waals surface area contributed by atoms with Crippen molar-refractivity contribution in [1.82, 2.24) is 5.32 Å². The molecule has 2 aromatic carbocycles. The van der Waals surface area contributed by atoms with E-state index < -0.39 is 0 Å². The van der Waals surface area contributed by atoms with E-state index in [1.807, 2.05) is 6.07 Å². The molecule has 0 aromatic heterocycles. The summed E-state index contributed by atoms with van der Waals surface area (Å²) in [5.41, 5.74) is 2.46. The van der Waals surface area contributed by atoms with Crippen LogP contribution in [0, 0.1) is 6.92 Å². The van der Waals surface area contributed by atoms with Crippen LogP contribution in [0.3, 0.4) is 0 Å². The Kier molecular flexibility index (Phi) is 5.12. The van der Waals surface area contributed by atoms with E-state index in [9.17, 15) is 0 Å². The van der Waals surface area contributed by atoms with Crippen LogP contribution in [0.15, 0.2) is 54.6 Å². The number of benzene rings is 2. The van der Waals surface area contributed by atoms with Gasteiger partial charge in [0.15, 0.2) is 0 Å². The van der Waals surface area contributed by atoms with Crippen molar-refractivity contribution >= 4 is 0 Å². The van der Waals surface area contributed by atoms with Crippen molar-refractivity contribution in [3.8, 4) is 5.75 Å². The van der Waals surface area contributed by atoms with Crippen LogP contribution in [0.25, 0.3) is 0 Å². The number of ether oxygens (including phenoxy) is 1. The van der Waals surface area contributed by atoms with Crippen LogP contribution in [0.4, 0.5) is 0 Å². The molecule has 3 rings (SSSR count). The number of piperidine rings is 1. The molecule has 1 heterocycles. The van der Waals surface area contributed by atoms with Gasteiger partial charge >= 0.3 is 0 Å². The van der Waals surface area contributed by atoms with Crippen LogP contribution < -0.4 is 10.1 Å². The van der Waals surface area contributed by atoms with Gasteiger partial charge in [-0.3, -0.25) is 0 Å². The number of para-hydroxylation sites is 1. The first kappa shape index (κ1) is 15.1. The molecule has 22 heavy (non-hydrogen) atoms. The number of aryl methyl sites for hydroxylation is 1. The van der Waals surface area contributed by atoms with Gasteiger partial charge in [-0.25, -0.2) is 0 Å². The molecule has 2 heteroatoms. The summed E-state index contributed by atoms with van der Waals surface area (Å²) in [5.74, 6) is 0.993. The number of rotatable bonds is 5. The van der Waals surface area contributed by atoms with Crippen LogP contribution in [0.2, 0.25) is 0 Å². The second-order valence-electron chi connectivity index (χ2n) is 6.17. The Morgan fingerprint density at radius 3 is 2.55 bits per heavy atom. The fourth-order valence-corrected chi connectivity index (χ4v) is 3.15. The minimum Gasteiger partial charge on any atom is -0.485 e. The van der Waals surface area contributed by atoms with Gasteiger partial charge in [-0.1, -0.05) is 55.0 Å². The summed E-state index contributed by atoms with van der Waals surface area (Å²) in [5, 5.41) is 3.64. The van der Waals surface area contributed by atoms with Gasteiger partial charge in [0.1, 0.15) is 11.9 Å². The van der Waals surface area contributed by atoms with E-state index >= 15 is 0 Å². The molecular weight excluding hydrogens is 270 g/mol. The third kappa shape index (κ3) is 3.89. The Balaban J connectivity index is 1.78. The van der Waals surface area contributed by atoms with Crippen LogP contribution in [-0.4, -0.2) is 12.6 Å². The largest absolute Gasteiger partial charge is 0.485 e. The third-order valence-electron chi connectivity index (χ3n) is 4.45. The SMILES string of the molecule is Cc1ccccc1OC(CC1CCCCN1)c1ccccc1.